The average Bonchev–Trinajstić information content (AvgIpc) is 0.917. The molecule has 0 aromatic rings. The molecule has 18 heteroatoms. The second kappa shape index (κ2) is 79.5. The van der Waals surface area contributed by atoms with Crippen LogP contribution < -0.4 is 0 Å². The van der Waals surface area contributed by atoms with Gasteiger partial charge in [0.05, 0.1) is 26.4 Å². The number of aliphatic hydroxyl groups is 2. The SMILES string of the molecule is CCC/C=C\C/C=C\CCCCCCCC(=O)OC(COC(=O)CCCCCCC/C=C\C/C=C\C/C=C\C/C=C\CCCCC)COP(=O)(O)OCC(O)COP(=O)(O)OCC(O)COC(=O)CCCCCCCCCCCCCCCCCCCCC/C=C\C/C=C\C/C=C\C/C=C\CCCCC. The molecular formula is C87H152O16P2. The van der Waals surface area contributed by atoms with Crippen LogP contribution in [0.4, 0.5) is 0 Å². The van der Waals surface area contributed by atoms with Gasteiger partial charge in [-0.15, -0.1) is 0 Å². The van der Waals surface area contributed by atoms with Gasteiger partial charge in [0.25, 0.3) is 0 Å². The average molecular weight is 1520 g/mol. The predicted molar refractivity (Wildman–Crippen MR) is 436 cm³/mol. The van der Waals surface area contributed by atoms with Gasteiger partial charge in [0.1, 0.15) is 25.4 Å². The van der Waals surface area contributed by atoms with Crippen LogP contribution in [-0.2, 0) is 55.8 Å². The van der Waals surface area contributed by atoms with Gasteiger partial charge >= 0.3 is 33.6 Å². The molecule has 5 unspecified atom stereocenters. The lowest BCUT2D eigenvalue weighted by Gasteiger charge is -2.21. The minimum atomic E-state index is -4.94. The zero-order valence-corrected chi connectivity index (χ0v) is 68.2. The van der Waals surface area contributed by atoms with Gasteiger partial charge in [-0.05, 0) is 135 Å². The molecule has 0 aromatic heterocycles. The molecular weight excluding hydrogens is 1360 g/mol. The number of carbonyl (C=O) groups is 3. The highest BCUT2D eigenvalue weighted by Gasteiger charge is 2.29. The Labute approximate surface area is 640 Å². The Kier molecular flexibility index (Phi) is 76.4. The molecule has 0 saturated heterocycles. The summed E-state index contributed by atoms with van der Waals surface area (Å²) in [5.74, 6) is -1.60. The van der Waals surface area contributed by atoms with E-state index in [4.69, 9.17) is 32.3 Å². The third kappa shape index (κ3) is 80.8. The van der Waals surface area contributed by atoms with E-state index in [-0.39, 0.29) is 19.3 Å². The fourth-order valence-corrected chi connectivity index (χ4v) is 12.8. The third-order valence-electron chi connectivity index (χ3n) is 17.6. The van der Waals surface area contributed by atoms with Crippen molar-refractivity contribution in [3.8, 4) is 0 Å². The van der Waals surface area contributed by atoms with Gasteiger partial charge in [-0.2, -0.15) is 0 Å². The first-order valence-corrected chi connectivity index (χ1v) is 44.8. The van der Waals surface area contributed by atoms with Crippen molar-refractivity contribution in [1.82, 2.24) is 0 Å². The van der Waals surface area contributed by atoms with Crippen molar-refractivity contribution < 1.29 is 75.8 Å². The van der Waals surface area contributed by atoms with E-state index in [1.165, 1.54) is 154 Å². The van der Waals surface area contributed by atoms with E-state index in [0.29, 0.717) is 19.3 Å². The number of phosphoric ester groups is 2. The monoisotopic (exact) mass is 1520 g/mol. The molecule has 606 valence electrons. The van der Waals surface area contributed by atoms with Crippen molar-refractivity contribution in [2.45, 2.75) is 373 Å². The number of unbranched alkanes of at least 4 members (excludes halogenated alkanes) is 36. The summed E-state index contributed by atoms with van der Waals surface area (Å²) in [5, 5.41) is 20.6. The molecule has 0 fully saturated rings. The number of ether oxygens (including phenoxy) is 3. The zero-order valence-electron chi connectivity index (χ0n) is 66.4. The molecule has 5 atom stereocenters. The van der Waals surface area contributed by atoms with Crippen molar-refractivity contribution in [2.75, 3.05) is 39.6 Å². The van der Waals surface area contributed by atoms with Crippen LogP contribution in [0.5, 0.6) is 0 Å². The van der Waals surface area contributed by atoms with Crippen LogP contribution in [0.25, 0.3) is 0 Å². The Balaban J connectivity index is 4.38. The summed E-state index contributed by atoms with van der Waals surface area (Å²) in [5.41, 5.74) is 0. The molecule has 0 heterocycles. The largest absolute Gasteiger partial charge is 0.472 e. The number of hydrogen-bond acceptors (Lipinski definition) is 14. The van der Waals surface area contributed by atoms with E-state index in [2.05, 4.69) is 142 Å². The summed E-state index contributed by atoms with van der Waals surface area (Å²) >= 11 is 0. The van der Waals surface area contributed by atoms with Crippen LogP contribution in [0.2, 0.25) is 0 Å². The van der Waals surface area contributed by atoms with Crippen molar-refractivity contribution in [2.24, 2.45) is 0 Å². The topological polar surface area (TPSA) is 231 Å². The first-order valence-electron chi connectivity index (χ1n) is 41.8. The first-order chi connectivity index (χ1) is 51.2. The molecule has 105 heavy (non-hydrogen) atoms. The molecule has 0 aliphatic carbocycles. The Morgan fingerprint density at radius 1 is 0.267 bits per heavy atom. The van der Waals surface area contributed by atoms with Gasteiger partial charge in [-0.3, -0.25) is 32.5 Å². The van der Waals surface area contributed by atoms with Gasteiger partial charge in [0.15, 0.2) is 6.10 Å². The molecule has 0 saturated carbocycles. The van der Waals surface area contributed by atoms with E-state index in [0.717, 1.165) is 141 Å². The van der Waals surface area contributed by atoms with Crippen LogP contribution >= 0.6 is 15.6 Å². The number of aliphatic hydroxyl groups excluding tert-OH is 2. The highest BCUT2D eigenvalue weighted by Crippen LogP contribution is 2.45. The number of hydrogen-bond donors (Lipinski definition) is 4. The summed E-state index contributed by atoms with van der Waals surface area (Å²) in [7, 11) is -9.80. The lowest BCUT2D eigenvalue weighted by atomic mass is 10.0. The quantitative estimate of drug-likeness (QED) is 0.0146. The number of phosphoric acid groups is 2. The van der Waals surface area contributed by atoms with Gasteiger partial charge in [0.2, 0.25) is 0 Å². The van der Waals surface area contributed by atoms with Crippen LogP contribution in [0, 0.1) is 0 Å². The summed E-state index contributed by atoms with van der Waals surface area (Å²) in [6.45, 7) is 2.54. The van der Waals surface area contributed by atoms with Crippen LogP contribution in [0.1, 0.15) is 355 Å². The molecule has 16 nitrogen and oxygen atoms in total. The maximum absolute atomic E-state index is 12.9. The van der Waals surface area contributed by atoms with E-state index < -0.39 is 91.5 Å². The van der Waals surface area contributed by atoms with E-state index >= 15 is 0 Å². The second-order valence-corrected chi connectivity index (χ2v) is 30.8. The molecule has 0 spiro atoms. The third-order valence-corrected chi connectivity index (χ3v) is 19.5. The molecule has 0 rings (SSSR count). The number of allylic oxidation sites excluding steroid dienone is 20. The Hall–Kier alpha value is -4.05. The summed E-state index contributed by atoms with van der Waals surface area (Å²) in [4.78, 5) is 58.6. The maximum atomic E-state index is 12.9. The van der Waals surface area contributed by atoms with Gasteiger partial charge in [0, 0.05) is 19.3 Å². The lowest BCUT2D eigenvalue weighted by molar-refractivity contribution is -0.161. The number of rotatable bonds is 79. The molecule has 0 bridgehead atoms. The van der Waals surface area contributed by atoms with Crippen molar-refractivity contribution >= 4 is 33.6 Å². The second-order valence-electron chi connectivity index (χ2n) is 27.9. The molecule has 0 aliphatic heterocycles. The number of carbonyl (C=O) groups excluding carboxylic acids is 3. The van der Waals surface area contributed by atoms with Crippen molar-refractivity contribution in [3.05, 3.63) is 122 Å². The van der Waals surface area contributed by atoms with Crippen LogP contribution in [-0.4, -0.2) is 95.9 Å². The fourth-order valence-electron chi connectivity index (χ4n) is 11.2. The fraction of sp³-hybridized carbons (Fsp3) is 0.736. The summed E-state index contributed by atoms with van der Waals surface area (Å²) in [6, 6.07) is 0. The molecule has 0 aromatic carbocycles. The molecule has 4 N–H and O–H groups in total. The Morgan fingerprint density at radius 2 is 0.495 bits per heavy atom. The summed E-state index contributed by atoms with van der Waals surface area (Å²) < 4.78 is 61.1. The van der Waals surface area contributed by atoms with Crippen molar-refractivity contribution in [1.29, 1.82) is 0 Å². The standard InChI is InChI=1S/C87H152O16P2/c1-4-7-10-13-16-19-22-25-27-29-31-33-34-35-36-37-38-39-40-41-42-43-44-45-46-48-50-51-53-56-58-61-64-67-70-73-85(90)97-76-82(88)77-99-104(93,94)100-78-83(89)79-101-105(95,96)102-81-84(103-87(92)75-72-69-66-63-60-55-24-21-18-15-12-9-6-3)80-98-86(91)74-71-68-65-62-59-57-54-52-49-47-32-30-28-26-23-20-17-14-11-8-5-2/h12,15-17,19-21,24-28,31-33,35-36,47,52,54,82-84,88-89H,4-11,13-14,18,22-23,29-30,34,37-46,48-51,53,55-81H2,1-3H3,(H,93,94)(H,95,96)/b15-12-,19-16-,20-17-,24-21-,27-25-,28-26-,33-31-,36-35-,47-32-,54-52-. The minimum absolute atomic E-state index is 0.0824. The first kappa shape index (κ1) is 101. The van der Waals surface area contributed by atoms with E-state index in [1.807, 2.05) is 0 Å². The van der Waals surface area contributed by atoms with Crippen LogP contribution in [0.15, 0.2) is 122 Å². The predicted octanol–water partition coefficient (Wildman–Crippen LogP) is 24.9. The van der Waals surface area contributed by atoms with Crippen LogP contribution in [0.3, 0.4) is 0 Å². The lowest BCUT2D eigenvalue weighted by Crippen LogP contribution is -2.30. The maximum Gasteiger partial charge on any atom is 0.472 e. The molecule has 0 aliphatic rings. The Bertz CT molecular complexity index is 2390. The number of esters is 3. The van der Waals surface area contributed by atoms with Gasteiger partial charge in [-0.1, -0.05) is 322 Å². The highest BCUT2D eigenvalue weighted by molar-refractivity contribution is 7.47. The summed E-state index contributed by atoms with van der Waals surface area (Å²) in [6.07, 6.45) is 95.6. The zero-order chi connectivity index (χ0) is 76.6. The normalized spacial score (nSPS) is 14.5. The Morgan fingerprint density at radius 3 is 0.790 bits per heavy atom. The smallest absolute Gasteiger partial charge is 0.463 e. The van der Waals surface area contributed by atoms with Gasteiger partial charge in [-0.25, -0.2) is 9.13 Å². The highest BCUT2D eigenvalue weighted by atomic mass is 31.2. The molecule has 0 radical (unpaired) electrons. The molecule has 0 amide bonds. The van der Waals surface area contributed by atoms with E-state index in [1.54, 1.807) is 0 Å². The minimum Gasteiger partial charge on any atom is -0.463 e. The van der Waals surface area contributed by atoms with Gasteiger partial charge < -0.3 is 34.2 Å². The van der Waals surface area contributed by atoms with Crippen molar-refractivity contribution in [3.63, 3.8) is 0 Å². The van der Waals surface area contributed by atoms with E-state index in [9.17, 15) is 43.5 Å².